The Balaban J connectivity index is 2.93. The maximum absolute atomic E-state index is 13.5. The molecule has 1 aromatic rings. The Hall–Kier alpha value is -1.17. The molecule has 0 amide bonds. The average Bonchev–Trinajstić information content (AvgIpc) is 2.32. The Bertz CT molecular complexity index is 468. The predicted molar refractivity (Wildman–Crippen MR) is 77.9 cm³/mol. The van der Waals surface area contributed by atoms with Crippen LogP contribution < -0.4 is 5.32 Å². The third kappa shape index (κ3) is 4.45. The third-order valence-corrected chi connectivity index (χ3v) is 3.70. The summed E-state index contributed by atoms with van der Waals surface area (Å²) in [5.74, 6) is 0.00527. The van der Waals surface area contributed by atoms with Crippen molar-refractivity contribution in [2.75, 3.05) is 5.32 Å². The molecule has 0 heterocycles. The number of hydrogen-bond donors (Lipinski definition) is 1. The molecule has 1 N–H and O–H groups in total. The van der Waals surface area contributed by atoms with Crippen molar-refractivity contribution in [2.45, 2.75) is 39.7 Å². The molecule has 0 aliphatic rings. The zero-order valence-corrected chi connectivity index (χ0v) is 12.8. The van der Waals surface area contributed by atoms with Gasteiger partial charge >= 0.3 is 0 Å². The van der Waals surface area contributed by atoms with Crippen LogP contribution in [0.1, 0.15) is 33.6 Å². The van der Waals surface area contributed by atoms with Gasteiger partial charge in [-0.2, -0.15) is 0 Å². The number of nitro benzene ring substituents is 1. The summed E-state index contributed by atoms with van der Waals surface area (Å²) in [6, 6.07) is 2.40. The molecule has 0 aliphatic carbocycles. The fourth-order valence-corrected chi connectivity index (χ4v) is 2.23. The smallest absolute Gasteiger partial charge is 0.293 e. The van der Waals surface area contributed by atoms with Crippen molar-refractivity contribution in [1.82, 2.24) is 0 Å². The first-order chi connectivity index (χ1) is 8.85. The number of anilines is 1. The topological polar surface area (TPSA) is 55.2 Å². The van der Waals surface area contributed by atoms with Gasteiger partial charge in [0.05, 0.1) is 9.40 Å². The van der Waals surface area contributed by atoms with E-state index in [0.29, 0.717) is 5.92 Å². The summed E-state index contributed by atoms with van der Waals surface area (Å²) in [4.78, 5) is 10.5. The van der Waals surface area contributed by atoms with E-state index in [9.17, 15) is 14.5 Å². The lowest BCUT2D eigenvalue weighted by atomic mass is 10.00. The van der Waals surface area contributed by atoms with Crippen LogP contribution in [-0.4, -0.2) is 11.0 Å². The van der Waals surface area contributed by atoms with Crippen molar-refractivity contribution < 1.29 is 9.31 Å². The van der Waals surface area contributed by atoms with Gasteiger partial charge in [-0.1, -0.05) is 20.3 Å². The van der Waals surface area contributed by atoms with Crippen LogP contribution in [0.4, 0.5) is 15.8 Å². The Morgan fingerprint density at radius 2 is 2.11 bits per heavy atom. The van der Waals surface area contributed by atoms with Gasteiger partial charge in [-0.05, 0) is 35.2 Å². The van der Waals surface area contributed by atoms with Crippen LogP contribution in [0.2, 0.25) is 0 Å². The van der Waals surface area contributed by atoms with Crippen LogP contribution in [0.5, 0.6) is 0 Å². The number of nitrogens with one attached hydrogen (secondary N) is 1. The number of halogens is 2. The van der Waals surface area contributed by atoms with Crippen molar-refractivity contribution >= 4 is 27.3 Å². The molecule has 4 nitrogen and oxygen atoms in total. The molecule has 0 spiro atoms. The molecule has 19 heavy (non-hydrogen) atoms. The van der Waals surface area contributed by atoms with E-state index in [1.54, 1.807) is 0 Å². The van der Waals surface area contributed by atoms with Crippen LogP contribution in [0, 0.1) is 21.8 Å². The number of rotatable bonds is 6. The number of benzene rings is 1. The molecule has 0 aliphatic heterocycles. The summed E-state index contributed by atoms with van der Waals surface area (Å²) >= 11 is 2.96. The predicted octanol–water partition coefficient (Wildman–Crippen LogP) is 4.73. The summed E-state index contributed by atoms with van der Waals surface area (Å²) in [5.41, 5.74) is 0.103. The number of nitrogens with zero attached hydrogens (tertiary/aromatic N) is 1. The zero-order valence-electron chi connectivity index (χ0n) is 11.2. The number of hydrogen-bond acceptors (Lipinski definition) is 3. The zero-order chi connectivity index (χ0) is 14.6. The molecule has 0 saturated carbocycles. The van der Waals surface area contributed by atoms with E-state index in [0.717, 1.165) is 18.9 Å². The van der Waals surface area contributed by atoms with Crippen LogP contribution in [0.3, 0.4) is 0 Å². The second-order valence-corrected chi connectivity index (χ2v) is 5.69. The molecule has 0 bridgehead atoms. The maximum atomic E-state index is 13.5. The van der Waals surface area contributed by atoms with E-state index < -0.39 is 10.7 Å². The Labute approximate surface area is 120 Å². The summed E-state index contributed by atoms with van der Waals surface area (Å²) in [6.07, 6.45) is 1.92. The lowest BCUT2D eigenvalue weighted by Gasteiger charge is -2.18. The maximum Gasteiger partial charge on any atom is 0.293 e. The second kappa shape index (κ2) is 6.84. The quantitative estimate of drug-likeness (QED) is 0.605. The first kappa shape index (κ1) is 15.9. The van der Waals surface area contributed by atoms with Crippen molar-refractivity contribution in [3.8, 4) is 0 Å². The van der Waals surface area contributed by atoms with Gasteiger partial charge in [-0.25, -0.2) is 4.39 Å². The average molecular weight is 333 g/mol. The lowest BCUT2D eigenvalue weighted by molar-refractivity contribution is -0.384. The first-order valence-electron chi connectivity index (χ1n) is 6.25. The first-order valence-corrected chi connectivity index (χ1v) is 7.04. The molecule has 2 atom stereocenters. The van der Waals surface area contributed by atoms with E-state index >= 15 is 0 Å². The van der Waals surface area contributed by atoms with Crippen molar-refractivity contribution in [2.24, 2.45) is 5.92 Å². The normalized spacial score (nSPS) is 13.9. The molecule has 1 rings (SSSR count). The summed E-state index contributed by atoms with van der Waals surface area (Å²) in [7, 11) is 0. The lowest BCUT2D eigenvalue weighted by Crippen LogP contribution is -2.19. The van der Waals surface area contributed by atoms with Gasteiger partial charge in [0.15, 0.2) is 0 Å². The molecule has 6 heteroatoms. The molecule has 2 unspecified atom stereocenters. The summed E-state index contributed by atoms with van der Waals surface area (Å²) in [5, 5.41) is 14.0. The highest BCUT2D eigenvalue weighted by molar-refractivity contribution is 9.10. The fraction of sp³-hybridized carbons (Fsp3) is 0.538. The minimum absolute atomic E-state index is 0.0502. The van der Waals surface area contributed by atoms with Gasteiger partial charge < -0.3 is 5.32 Å². The van der Waals surface area contributed by atoms with Gasteiger partial charge in [0.25, 0.3) is 5.69 Å². The minimum atomic E-state index is -0.511. The van der Waals surface area contributed by atoms with Crippen LogP contribution in [-0.2, 0) is 0 Å². The highest BCUT2D eigenvalue weighted by atomic mass is 79.9. The van der Waals surface area contributed by atoms with Crippen LogP contribution in [0.15, 0.2) is 16.6 Å². The molecule has 0 fully saturated rings. The number of nitro groups is 1. The Morgan fingerprint density at radius 3 is 2.63 bits per heavy atom. The molecule has 106 valence electrons. The fourth-order valence-electron chi connectivity index (χ4n) is 1.90. The van der Waals surface area contributed by atoms with Gasteiger partial charge in [-0.3, -0.25) is 10.1 Å². The Morgan fingerprint density at radius 1 is 1.47 bits per heavy atom. The van der Waals surface area contributed by atoms with Crippen LogP contribution >= 0.6 is 15.9 Å². The van der Waals surface area contributed by atoms with E-state index in [-0.39, 0.29) is 21.9 Å². The molecule has 0 aromatic heterocycles. The molecular weight excluding hydrogens is 315 g/mol. The molecule has 0 radical (unpaired) electrons. The SMILES string of the molecule is CCC(C)CC(C)Nc1cc(F)c(Br)cc1[N+](=O)[O-]. The van der Waals surface area contributed by atoms with E-state index in [2.05, 4.69) is 35.1 Å². The second-order valence-electron chi connectivity index (χ2n) is 4.84. The molecular formula is C13H18BrFN2O2. The van der Waals surface area contributed by atoms with Crippen LogP contribution in [0.25, 0.3) is 0 Å². The molecule has 1 aromatic carbocycles. The van der Waals surface area contributed by atoms with E-state index in [1.807, 2.05) is 6.92 Å². The van der Waals surface area contributed by atoms with Gasteiger partial charge in [-0.15, -0.1) is 0 Å². The van der Waals surface area contributed by atoms with E-state index in [1.165, 1.54) is 6.07 Å². The van der Waals surface area contributed by atoms with Gasteiger partial charge in [0.2, 0.25) is 0 Å². The van der Waals surface area contributed by atoms with Crippen molar-refractivity contribution in [3.05, 3.63) is 32.5 Å². The monoisotopic (exact) mass is 332 g/mol. The van der Waals surface area contributed by atoms with Crippen molar-refractivity contribution in [3.63, 3.8) is 0 Å². The van der Waals surface area contributed by atoms with Gasteiger partial charge in [0.1, 0.15) is 11.5 Å². The highest BCUT2D eigenvalue weighted by Crippen LogP contribution is 2.31. The summed E-state index contributed by atoms with van der Waals surface area (Å²) < 4.78 is 13.6. The standard InChI is InChI=1S/C13H18BrFN2O2/c1-4-8(2)5-9(3)16-12-7-11(15)10(14)6-13(12)17(18)19/h6-9,16H,4-5H2,1-3H3. The largest absolute Gasteiger partial charge is 0.377 e. The van der Waals surface area contributed by atoms with Gasteiger partial charge in [0, 0.05) is 18.2 Å². The highest BCUT2D eigenvalue weighted by Gasteiger charge is 2.19. The molecule has 0 saturated heterocycles. The third-order valence-electron chi connectivity index (χ3n) is 3.09. The summed E-state index contributed by atoms with van der Waals surface area (Å²) in [6.45, 7) is 6.16. The Kier molecular flexibility index (Phi) is 5.72. The minimum Gasteiger partial charge on any atom is -0.377 e. The van der Waals surface area contributed by atoms with E-state index in [4.69, 9.17) is 0 Å². The van der Waals surface area contributed by atoms with Crippen molar-refractivity contribution in [1.29, 1.82) is 0 Å².